The zero-order valence-electron chi connectivity index (χ0n) is 9.87. The Hall–Kier alpha value is -2.49. The second-order valence-electron chi connectivity index (χ2n) is 4.08. The van der Waals surface area contributed by atoms with Crippen molar-refractivity contribution in [3.63, 3.8) is 0 Å². The van der Waals surface area contributed by atoms with Gasteiger partial charge in [0.1, 0.15) is 5.65 Å². The van der Waals surface area contributed by atoms with Crippen LogP contribution in [0, 0.1) is 6.92 Å². The summed E-state index contributed by atoms with van der Waals surface area (Å²) in [7, 11) is 0. The van der Waals surface area contributed by atoms with Gasteiger partial charge in [-0.1, -0.05) is 6.07 Å². The first-order chi connectivity index (χ1) is 8.75. The fraction of sp³-hybridized carbons (Fsp3) is 0.0714. The van der Waals surface area contributed by atoms with Crippen LogP contribution in [0.5, 0.6) is 0 Å². The molecule has 18 heavy (non-hydrogen) atoms. The highest BCUT2D eigenvalue weighted by Crippen LogP contribution is 2.14. The second-order valence-corrected chi connectivity index (χ2v) is 4.08. The van der Waals surface area contributed by atoms with Crippen LogP contribution in [-0.2, 0) is 0 Å². The second kappa shape index (κ2) is 4.07. The molecule has 4 heteroatoms. The molecule has 0 amide bonds. The number of aryl methyl sites for hydroxylation is 1. The highest BCUT2D eigenvalue weighted by molar-refractivity contribution is 5.60. The summed E-state index contributed by atoms with van der Waals surface area (Å²) in [4.78, 5) is 20.6. The van der Waals surface area contributed by atoms with Crippen molar-refractivity contribution in [2.45, 2.75) is 6.92 Å². The fourth-order valence-electron chi connectivity index (χ4n) is 1.98. The number of rotatable bonds is 1. The summed E-state index contributed by atoms with van der Waals surface area (Å²) in [5.74, 6) is 0. The van der Waals surface area contributed by atoms with Crippen LogP contribution < -0.4 is 5.56 Å². The van der Waals surface area contributed by atoms with Gasteiger partial charge in [-0.25, -0.2) is 4.98 Å². The minimum Gasteiger partial charge on any atom is -0.269 e. The normalized spacial score (nSPS) is 10.7. The van der Waals surface area contributed by atoms with Crippen molar-refractivity contribution in [1.29, 1.82) is 0 Å². The molecular weight excluding hydrogens is 226 g/mol. The molecule has 0 fully saturated rings. The summed E-state index contributed by atoms with van der Waals surface area (Å²) in [6, 6.07) is 10.9. The largest absolute Gasteiger partial charge is 0.269 e. The van der Waals surface area contributed by atoms with Crippen molar-refractivity contribution in [3.05, 3.63) is 64.8 Å². The molecule has 88 valence electrons. The van der Waals surface area contributed by atoms with Gasteiger partial charge in [0.2, 0.25) is 0 Å². The summed E-state index contributed by atoms with van der Waals surface area (Å²) >= 11 is 0. The van der Waals surface area contributed by atoms with Crippen LogP contribution in [0.1, 0.15) is 5.69 Å². The van der Waals surface area contributed by atoms with Crippen LogP contribution in [0.4, 0.5) is 0 Å². The molecule has 3 aromatic rings. The molecule has 0 atom stereocenters. The Kier molecular flexibility index (Phi) is 2.41. The molecular formula is C14H11N3O. The van der Waals surface area contributed by atoms with Crippen LogP contribution >= 0.6 is 0 Å². The van der Waals surface area contributed by atoms with E-state index in [0.717, 1.165) is 11.3 Å². The van der Waals surface area contributed by atoms with Crippen LogP contribution in [0.3, 0.4) is 0 Å². The molecule has 0 unspecified atom stereocenters. The van der Waals surface area contributed by atoms with Gasteiger partial charge in [-0.15, -0.1) is 0 Å². The Morgan fingerprint density at radius 1 is 1.17 bits per heavy atom. The standard InChI is InChI=1S/C14H11N3O/c1-10-4-2-6-13-16-12(8-14(18)17(10)13)11-5-3-7-15-9-11/h2-9H,1H3. The predicted molar refractivity (Wildman–Crippen MR) is 69.4 cm³/mol. The maximum absolute atomic E-state index is 12.1. The van der Waals surface area contributed by atoms with Crippen LogP contribution in [0.15, 0.2) is 53.6 Å². The lowest BCUT2D eigenvalue weighted by Crippen LogP contribution is -2.16. The lowest BCUT2D eigenvalue weighted by molar-refractivity contribution is 0.993. The lowest BCUT2D eigenvalue weighted by atomic mass is 10.2. The Balaban J connectivity index is 2.33. The van der Waals surface area contributed by atoms with E-state index in [-0.39, 0.29) is 5.56 Å². The molecule has 0 saturated carbocycles. The maximum Gasteiger partial charge on any atom is 0.258 e. The highest BCUT2D eigenvalue weighted by Gasteiger charge is 2.05. The van der Waals surface area contributed by atoms with E-state index in [1.54, 1.807) is 16.8 Å². The van der Waals surface area contributed by atoms with Crippen molar-refractivity contribution < 1.29 is 0 Å². The van der Waals surface area contributed by atoms with E-state index in [0.29, 0.717) is 11.3 Å². The lowest BCUT2D eigenvalue weighted by Gasteiger charge is -2.06. The third-order valence-electron chi connectivity index (χ3n) is 2.84. The summed E-state index contributed by atoms with van der Waals surface area (Å²) in [5, 5.41) is 0. The average Bonchev–Trinajstić information content (AvgIpc) is 2.39. The van der Waals surface area contributed by atoms with Gasteiger partial charge in [0.05, 0.1) is 5.69 Å². The van der Waals surface area contributed by atoms with Gasteiger partial charge in [-0.3, -0.25) is 14.2 Å². The first-order valence-electron chi connectivity index (χ1n) is 5.65. The molecule has 0 N–H and O–H groups in total. The number of hydrogen-bond acceptors (Lipinski definition) is 3. The fourth-order valence-corrected chi connectivity index (χ4v) is 1.98. The Bertz CT molecular complexity index is 763. The minimum atomic E-state index is -0.0723. The minimum absolute atomic E-state index is 0.0723. The van der Waals surface area contributed by atoms with E-state index in [2.05, 4.69) is 9.97 Å². The SMILES string of the molecule is Cc1cccc2nc(-c3cccnc3)cc(=O)n12. The quantitative estimate of drug-likeness (QED) is 0.651. The van der Waals surface area contributed by atoms with Crippen molar-refractivity contribution in [1.82, 2.24) is 14.4 Å². The number of nitrogens with zero attached hydrogens (tertiary/aromatic N) is 3. The summed E-state index contributed by atoms with van der Waals surface area (Å²) in [5.41, 5.74) is 2.96. The number of pyridine rings is 2. The van der Waals surface area contributed by atoms with E-state index >= 15 is 0 Å². The van der Waals surface area contributed by atoms with E-state index in [1.807, 2.05) is 37.3 Å². The smallest absolute Gasteiger partial charge is 0.258 e. The molecule has 3 heterocycles. The third kappa shape index (κ3) is 1.68. The molecule has 0 aromatic carbocycles. The van der Waals surface area contributed by atoms with E-state index in [1.165, 1.54) is 6.07 Å². The zero-order chi connectivity index (χ0) is 12.5. The number of aromatic nitrogens is 3. The van der Waals surface area contributed by atoms with Crippen LogP contribution in [-0.4, -0.2) is 14.4 Å². The van der Waals surface area contributed by atoms with E-state index in [9.17, 15) is 4.79 Å². The molecule has 0 saturated heterocycles. The van der Waals surface area contributed by atoms with Crippen molar-refractivity contribution >= 4 is 5.65 Å². The molecule has 0 bridgehead atoms. The summed E-state index contributed by atoms with van der Waals surface area (Å²) in [6.07, 6.45) is 3.40. The first-order valence-corrected chi connectivity index (χ1v) is 5.65. The zero-order valence-corrected chi connectivity index (χ0v) is 9.87. The topological polar surface area (TPSA) is 47.3 Å². The van der Waals surface area contributed by atoms with Crippen molar-refractivity contribution in [2.24, 2.45) is 0 Å². The molecule has 0 aliphatic heterocycles. The Morgan fingerprint density at radius 2 is 2.06 bits per heavy atom. The third-order valence-corrected chi connectivity index (χ3v) is 2.84. The maximum atomic E-state index is 12.1. The molecule has 3 rings (SSSR count). The first kappa shape index (κ1) is 10.7. The summed E-state index contributed by atoms with van der Waals surface area (Å²) < 4.78 is 1.60. The molecule has 3 aromatic heterocycles. The molecule has 0 aliphatic rings. The van der Waals surface area contributed by atoms with Gasteiger partial charge in [0, 0.05) is 29.7 Å². The van der Waals surface area contributed by atoms with E-state index < -0.39 is 0 Å². The Labute approximate surface area is 104 Å². The number of fused-ring (bicyclic) bond motifs is 1. The Morgan fingerprint density at radius 3 is 2.83 bits per heavy atom. The van der Waals surface area contributed by atoms with Crippen molar-refractivity contribution in [2.75, 3.05) is 0 Å². The van der Waals surface area contributed by atoms with Crippen LogP contribution in [0.25, 0.3) is 16.9 Å². The highest BCUT2D eigenvalue weighted by atomic mass is 16.1. The van der Waals surface area contributed by atoms with E-state index in [4.69, 9.17) is 0 Å². The van der Waals surface area contributed by atoms with Crippen LogP contribution in [0.2, 0.25) is 0 Å². The predicted octanol–water partition coefficient (Wildman–Crippen LogP) is 2.06. The molecule has 4 nitrogen and oxygen atoms in total. The van der Waals surface area contributed by atoms with Gasteiger partial charge in [0.15, 0.2) is 0 Å². The summed E-state index contributed by atoms with van der Waals surface area (Å²) in [6.45, 7) is 1.89. The van der Waals surface area contributed by atoms with Crippen molar-refractivity contribution in [3.8, 4) is 11.3 Å². The van der Waals surface area contributed by atoms with Gasteiger partial charge in [-0.05, 0) is 31.2 Å². The molecule has 0 aliphatic carbocycles. The van der Waals surface area contributed by atoms with Gasteiger partial charge < -0.3 is 0 Å². The molecule has 0 spiro atoms. The van der Waals surface area contributed by atoms with Gasteiger partial charge >= 0.3 is 0 Å². The van der Waals surface area contributed by atoms with Gasteiger partial charge in [-0.2, -0.15) is 0 Å². The van der Waals surface area contributed by atoms with Gasteiger partial charge in [0.25, 0.3) is 5.56 Å². The number of hydrogen-bond donors (Lipinski definition) is 0. The monoisotopic (exact) mass is 237 g/mol. The molecule has 0 radical (unpaired) electrons. The average molecular weight is 237 g/mol.